The summed E-state index contributed by atoms with van der Waals surface area (Å²) < 4.78 is 40.9. The van der Waals surface area contributed by atoms with Gasteiger partial charge in [0.1, 0.15) is 22.8 Å². The fraction of sp³-hybridized carbons (Fsp3) is 0.121. The van der Waals surface area contributed by atoms with Gasteiger partial charge in [-0.1, -0.05) is 60.7 Å². The number of nitrogens with one attached hydrogen (secondary N) is 1. The topological polar surface area (TPSA) is 137 Å². The van der Waals surface area contributed by atoms with Crippen molar-refractivity contribution in [2.75, 3.05) is 12.3 Å². The van der Waals surface area contributed by atoms with Crippen molar-refractivity contribution in [3.05, 3.63) is 113 Å². The number of sulfonamides is 1. The van der Waals surface area contributed by atoms with E-state index in [2.05, 4.69) is 9.71 Å². The zero-order chi connectivity index (χ0) is 30.1. The molecule has 216 valence electrons. The van der Waals surface area contributed by atoms with Crippen LogP contribution in [0.4, 0.5) is 5.82 Å². The number of carbonyl (C=O) groups excluding carboxylic acids is 1. The summed E-state index contributed by atoms with van der Waals surface area (Å²) in [6.45, 7) is 4.12. The highest BCUT2D eigenvalue weighted by molar-refractivity contribution is 7.90. The van der Waals surface area contributed by atoms with E-state index >= 15 is 0 Å². The average Bonchev–Trinajstić information content (AvgIpc) is 3.34. The molecule has 0 aliphatic carbocycles. The summed E-state index contributed by atoms with van der Waals surface area (Å²) in [6, 6.07) is 26.8. The lowest BCUT2D eigenvalue weighted by Gasteiger charge is -2.16. The monoisotopic (exact) mass is 592 g/mol. The number of nitrogens with two attached hydrogens (primary N) is 1. The normalized spacial score (nSPS) is 11.6. The highest BCUT2D eigenvalue weighted by Gasteiger charge is 2.26. The first-order valence-corrected chi connectivity index (χ1v) is 15.1. The van der Waals surface area contributed by atoms with Gasteiger partial charge in [-0.15, -0.1) is 0 Å². The van der Waals surface area contributed by atoms with Gasteiger partial charge in [-0.05, 0) is 55.3 Å². The number of pyridine rings is 2. The van der Waals surface area contributed by atoms with Crippen LogP contribution < -0.4 is 15.2 Å². The molecule has 0 atom stereocenters. The first-order chi connectivity index (χ1) is 20.7. The zero-order valence-corrected chi connectivity index (χ0v) is 24.3. The van der Waals surface area contributed by atoms with Crippen LogP contribution in [-0.2, 0) is 16.4 Å². The van der Waals surface area contributed by atoms with E-state index in [0.29, 0.717) is 46.7 Å². The van der Waals surface area contributed by atoms with E-state index in [1.165, 1.54) is 24.3 Å². The Labute approximate surface area is 248 Å². The molecule has 6 rings (SSSR count). The van der Waals surface area contributed by atoms with Crippen molar-refractivity contribution in [3.63, 3.8) is 0 Å². The summed E-state index contributed by atoms with van der Waals surface area (Å²) in [5.41, 5.74) is 10.0. The number of benzene rings is 3. The van der Waals surface area contributed by atoms with Gasteiger partial charge in [0.25, 0.3) is 15.9 Å². The minimum absolute atomic E-state index is 0.0112. The Bertz CT molecular complexity index is 2110. The first kappa shape index (κ1) is 27.9. The van der Waals surface area contributed by atoms with Gasteiger partial charge < -0.3 is 14.9 Å². The van der Waals surface area contributed by atoms with E-state index in [9.17, 15) is 13.2 Å². The van der Waals surface area contributed by atoms with Crippen molar-refractivity contribution >= 4 is 43.6 Å². The molecule has 3 aromatic heterocycles. The van der Waals surface area contributed by atoms with Crippen LogP contribution in [0.25, 0.3) is 33.3 Å². The van der Waals surface area contributed by atoms with E-state index in [1.807, 2.05) is 74.5 Å². The lowest BCUT2D eigenvalue weighted by Crippen LogP contribution is -2.31. The van der Waals surface area contributed by atoms with Crippen molar-refractivity contribution in [1.82, 2.24) is 14.7 Å². The van der Waals surface area contributed by atoms with Crippen LogP contribution in [0.2, 0.25) is 0 Å². The molecule has 0 bridgehead atoms. The number of ether oxygens (including phenoxy) is 1. The third kappa shape index (κ3) is 5.52. The maximum Gasteiger partial charge on any atom is 0.281 e. The van der Waals surface area contributed by atoms with E-state index < -0.39 is 15.9 Å². The number of aromatic nitrogens is 2. The molecule has 3 aromatic carbocycles. The molecule has 0 spiro atoms. The summed E-state index contributed by atoms with van der Waals surface area (Å²) in [5, 5.41) is 0.928. The Kier molecular flexibility index (Phi) is 7.29. The predicted octanol–water partition coefficient (Wildman–Crippen LogP) is 5.98. The second-order valence-electron chi connectivity index (χ2n) is 10.1. The lowest BCUT2D eigenvalue weighted by molar-refractivity contribution is 0.0982. The number of anilines is 1. The number of furan rings is 1. The van der Waals surface area contributed by atoms with Crippen molar-refractivity contribution < 1.29 is 22.4 Å². The number of para-hydroxylation sites is 1. The highest BCUT2D eigenvalue weighted by Crippen LogP contribution is 2.37. The van der Waals surface area contributed by atoms with Gasteiger partial charge in [-0.3, -0.25) is 4.79 Å². The molecule has 0 unspecified atom stereocenters. The molecule has 0 saturated carbocycles. The molecule has 3 heterocycles. The minimum Gasteiger partial charge on any atom is -0.493 e. The summed E-state index contributed by atoms with van der Waals surface area (Å²) >= 11 is 0. The summed E-state index contributed by atoms with van der Waals surface area (Å²) in [4.78, 5) is 22.7. The molecule has 1 amide bonds. The minimum atomic E-state index is -4.36. The van der Waals surface area contributed by atoms with Gasteiger partial charge in [0, 0.05) is 17.4 Å². The Morgan fingerprint density at radius 3 is 2.47 bits per heavy atom. The van der Waals surface area contributed by atoms with Crippen LogP contribution in [0.1, 0.15) is 27.0 Å². The third-order valence-electron chi connectivity index (χ3n) is 7.18. The van der Waals surface area contributed by atoms with E-state index in [0.717, 1.165) is 22.1 Å². The maximum absolute atomic E-state index is 13.9. The van der Waals surface area contributed by atoms with Gasteiger partial charge >= 0.3 is 0 Å². The van der Waals surface area contributed by atoms with Crippen molar-refractivity contribution in [3.8, 4) is 17.2 Å². The smallest absolute Gasteiger partial charge is 0.281 e. The number of aryl methyl sites for hydroxylation is 2. The number of hydrogen-bond donors (Lipinski definition) is 2. The number of nitrogens with zero attached hydrogens (tertiary/aromatic N) is 2. The van der Waals surface area contributed by atoms with Gasteiger partial charge in [0.15, 0.2) is 10.8 Å². The number of rotatable bonds is 8. The molecular formula is C33H28N4O5S. The zero-order valence-electron chi connectivity index (χ0n) is 23.5. The summed E-state index contributed by atoms with van der Waals surface area (Å²) in [6.07, 6.45) is 0.636. The van der Waals surface area contributed by atoms with Crippen LogP contribution in [0.5, 0.6) is 5.75 Å². The van der Waals surface area contributed by atoms with E-state index in [1.54, 1.807) is 6.07 Å². The van der Waals surface area contributed by atoms with Crippen LogP contribution >= 0.6 is 0 Å². The van der Waals surface area contributed by atoms with E-state index in [4.69, 9.17) is 19.9 Å². The van der Waals surface area contributed by atoms with Crippen molar-refractivity contribution in [2.45, 2.75) is 25.3 Å². The molecule has 0 saturated heterocycles. The number of nitrogen functional groups attached to an aromatic ring is 1. The Morgan fingerprint density at radius 2 is 1.70 bits per heavy atom. The molecule has 3 N–H and O–H groups in total. The Morgan fingerprint density at radius 1 is 0.930 bits per heavy atom. The maximum atomic E-state index is 13.9. The molecule has 6 aromatic rings. The predicted molar refractivity (Wildman–Crippen MR) is 165 cm³/mol. The lowest BCUT2D eigenvalue weighted by atomic mass is 10.0. The Hall–Kier alpha value is -5.22. The largest absolute Gasteiger partial charge is 0.493 e. The standard InChI is InChI=1S/C33H28N4O5S/c1-20-15-16-27(41-18-17-22-9-4-3-5-10-22)30-24(33(38)37-43(39,40)29-14-8-13-28(34)36-29)19-25(35-31(20)30)32-21(2)23-11-6-7-12-26(23)42-32/h3-16,19H,17-18H2,1-2H3,(H2,34,36)(H,37,38). The molecule has 0 fully saturated rings. The van der Waals surface area contributed by atoms with Gasteiger partial charge in [0.2, 0.25) is 0 Å². The number of hydrogen-bond acceptors (Lipinski definition) is 8. The van der Waals surface area contributed by atoms with Crippen molar-refractivity contribution in [1.29, 1.82) is 0 Å². The molecule has 0 radical (unpaired) electrons. The molecule has 0 aliphatic heterocycles. The van der Waals surface area contributed by atoms with Crippen LogP contribution in [0.15, 0.2) is 100 Å². The molecule has 43 heavy (non-hydrogen) atoms. The SMILES string of the molecule is Cc1c(-c2cc(C(=O)NS(=O)(=O)c3cccc(N)n3)c3c(OCCc4ccccc4)ccc(C)c3n2)oc2ccccc12. The molecule has 10 heteroatoms. The first-order valence-electron chi connectivity index (χ1n) is 13.6. The molecule has 0 aliphatic rings. The van der Waals surface area contributed by atoms with Gasteiger partial charge in [0.05, 0.1) is 23.1 Å². The summed E-state index contributed by atoms with van der Waals surface area (Å²) in [7, 11) is -4.36. The Balaban J connectivity index is 1.48. The van der Waals surface area contributed by atoms with Crippen molar-refractivity contribution in [2.24, 2.45) is 0 Å². The van der Waals surface area contributed by atoms with E-state index in [-0.39, 0.29) is 16.4 Å². The van der Waals surface area contributed by atoms with Crippen LogP contribution in [0, 0.1) is 13.8 Å². The second-order valence-corrected chi connectivity index (χ2v) is 11.8. The molecular weight excluding hydrogens is 564 g/mol. The average molecular weight is 593 g/mol. The van der Waals surface area contributed by atoms with Crippen LogP contribution in [0.3, 0.4) is 0 Å². The fourth-order valence-corrected chi connectivity index (χ4v) is 5.95. The number of amides is 1. The summed E-state index contributed by atoms with van der Waals surface area (Å²) in [5.74, 6) is 0.0241. The number of carbonyl (C=O) groups is 1. The molecule has 9 nitrogen and oxygen atoms in total. The quantitative estimate of drug-likeness (QED) is 0.220. The second kappa shape index (κ2) is 11.2. The number of fused-ring (bicyclic) bond motifs is 2. The highest BCUT2D eigenvalue weighted by atomic mass is 32.2. The van der Waals surface area contributed by atoms with Gasteiger partial charge in [-0.25, -0.2) is 14.7 Å². The fourth-order valence-electron chi connectivity index (χ4n) is 5.01. The third-order valence-corrected chi connectivity index (χ3v) is 8.42. The van der Waals surface area contributed by atoms with Crippen LogP contribution in [-0.4, -0.2) is 30.9 Å². The van der Waals surface area contributed by atoms with Gasteiger partial charge in [-0.2, -0.15) is 8.42 Å².